The van der Waals surface area contributed by atoms with Crippen LogP contribution in [-0.2, 0) is 0 Å². The van der Waals surface area contributed by atoms with E-state index in [0.717, 1.165) is 19.0 Å². The van der Waals surface area contributed by atoms with Gasteiger partial charge in [-0.1, -0.05) is 12.5 Å². The number of rotatable bonds is 2. The van der Waals surface area contributed by atoms with Gasteiger partial charge in [0.15, 0.2) is 0 Å². The van der Waals surface area contributed by atoms with Crippen LogP contribution in [0, 0.1) is 5.92 Å². The van der Waals surface area contributed by atoms with E-state index < -0.39 is 0 Å². The van der Waals surface area contributed by atoms with Crippen molar-refractivity contribution in [3.05, 3.63) is 11.1 Å². The van der Waals surface area contributed by atoms with E-state index in [2.05, 4.69) is 24.1 Å². The first kappa shape index (κ1) is 10.2. The topological polar surface area (TPSA) is 15.3 Å². The van der Waals surface area contributed by atoms with Gasteiger partial charge >= 0.3 is 0 Å². The molecule has 0 radical (unpaired) electrons. The lowest BCUT2D eigenvalue weighted by Gasteiger charge is -2.32. The highest BCUT2D eigenvalue weighted by Crippen LogP contribution is 2.18. The van der Waals surface area contributed by atoms with Crippen LogP contribution in [0.2, 0.25) is 0 Å². The Morgan fingerprint density at radius 3 is 2.50 bits per heavy atom. The van der Waals surface area contributed by atoms with E-state index in [1.165, 1.54) is 32.5 Å². The summed E-state index contributed by atoms with van der Waals surface area (Å²) < 4.78 is 0. The molecule has 0 aromatic rings. The first-order valence-corrected chi connectivity index (χ1v) is 5.86. The number of hydrogen-bond acceptors (Lipinski definition) is 2. The average Bonchev–Trinajstić information content (AvgIpc) is 2.06. The number of likely N-dealkylation sites (tertiary alicyclic amines) is 1. The Bertz CT molecular complexity index is 218. The van der Waals surface area contributed by atoms with E-state index in [1.807, 2.05) is 0 Å². The third kappa shape index (κ3) is 2.37. The quantitative estimate of drug-likeness (QED) is 0.672. The van der Waals surface area contributed by atoms with Crippen molar-refractivity contribution in [2.45, 2.75) is 26.7 Å². The van der Waals surface area contributed by atoms with Crippen molar-refractivity contribution in [1.29, 1.82) is 0 Å². The molecule has 2 heterocycles. The number of nitrogens with one attached hydrogen (secondary N) is 1. The largest absolute Gasteiger partial charge is 0.309 e. The predicted octanol–water partition coefficient (Wildman–Crippen LogP) is 1.64. The summed E-state index contributed by atoms with van der Waals surface area (Å²) in [6.45, 7) is 10.8. The van der Waals surface area contributed by atoms with Gasteiger partial charge in [0, 0.05) is 19.6 Å². The average molecular weight is 194 g/mol. The Morgan fingerprint density at radius 2 is 2.00 bits per heavy atom. The van der Waals surface area contributed by atoms with E-state index in [-0.39, 0.29) is 0 Å². The molecule has 2 fully saturated rings. The minimum absolute atomic E-state index is 0.949. The first-order chi connectivity index (χ1) is 6.75. The normalized spacial score (nSPS) is 24.9. The summed E-state index contributed by atoms with van der Waals surface area (Å²) in [6.07, 6.45) is 2.78. The summed E-state index contributed by atoms with van der Waals surface area (Å²) in [7, 11) is 0. The first-order valence-electron chi connectivity index (χ1n) is 5.86. The van der Waals surface area contributed by atoms with Crippen molar-refractivity contribution in [2.75, 3.05) is 32.7 Å². The van der Waals surface area contributed by atoms with Crippen molar-refractivity contribution < 1.29 is 0 Å². The zero-order chi connectivity index (χ0) is 9.97. The fourth-order valence-corrected chi connectivity index (χ4v) is 2.22. The Hall–Kier alpha value is -0.340. The maximum Gasteiger partial charge on any atom is 0.0193 e. The van der Waals surface area contributed by atoms with Gasteiger partial charge in [0.05, 0.1) is 0 Å². The summed E-state index contributed by atoms with van der Waals surface area (Å²) >= 11 is 0. The van der Waals surface area contributed by atoms with E-state index in [9.17, 15) is 0 Å². The van der Waals surface area contributed by atoms with Crippen molar-refractivity contribution in [3.63, 3.8) is 0 Å². The molecule has 0 aromatic carbocycles. The van der Waals surface area contributed by atoms with Crippen LogP contribution in [-0.4, -0.2) is 37.6 Å². The predicted molar refractivity (Wildman–Crippen MR) is 60.4 cm³/mol. The third-order valence-electron chi connectivity index (χ3n) is 3.62. The summed E-state index contributed by atoms with van der Waals surface area (Å²) in [4.78, 5) is 2.61. The standard InChI is InChI=1S/C12H22N2/c1-10-3-5-14(6-4-10)9-11(2)12-7-13-8-12/h10,13H,3-9H2,1-2H3. The lowest BCUT2D eigenvalue weighted by Crippen LogP contribution is -2.38. The van der Waals surface area contributed by atoms with Crippen LogP contribution in [0.15, 0.2) is 11.1 Å². The molecule has 0 unspecified atom stereocenters. The van der Waals surface area contributed by atoms with Crippen LogP contribution in [0.25, 0.3) is 0 Å². The molecule has 2 rings (SSSR count). The molecule has 0 aliphatic carbocycles. The van der Waals surface area contributed by atoms with Crippen LogP contribution in [0.1, 0.15) is 26.7 Å². The van der Waals surface area contributed by atoms with Gasteiger partial charge in [0.1, 0.15) is 0 Å². The maximum atomic E-state index is 3.31. The fraction of sp³-hybridized carbons (Fsp3) is 0.833. The molecule has 0 aromatic heterocycles. The van der Waals surface area contributed by atoms with Gasteiger partial charge in [-0.05, 0) is 44.3 Å². The molecule has 2 nitrogen and oxygen atoms in total. The highest BCUT2D eigenvalue weighted by molar-refractivity contribution is 5.22. The zero-order valence-corrected chi connectivity index (χ0v) is 9.47. The summed E-state index contributed by atoms with van der Waals surface area (Å²) in [6, 6.07) is 0. The smallest absolute Gasteiger partial charge is 0.0193 e. The molecular formula is C12H22N2. The zero-order valence-electron chi connectivity index (χ0n) is 9.47. The summed E-state index contributed by atoms with van der Waals surface area (Å²) in [5.74, 6) is 0.949. The molecule has 2 saturated heterocycles. The van der Waals surface area contributed by atoms with Crippen molar-refractivity contribution in [3.8, 4) is 0 Å². The van der Waals surface area contributed by atoms with Crippen LogP contribution in [0.4, 0.5) is 0 Å². The van der Waals surface area contributed by atoms with Gasteiger partial charge in [-0.2, -0.15) is 0 Å². The second-order valence-corrected chi connectivity index (χ2v) is 4.95. The second-order valence-electron chi connectivity index (χ2n) is 4.95. The Morgan fingerprint density at radius 1 is 1.36 bits per heavy atom. The lowest BCUT2D eigenvalue weighted by molar-refractivity contribution is 0.205. The van der Waals surface area contributed by atoms with E-state index in [1.54, 1.807) is 11.1 Å². The second kappa shape index (κ2) is 4.45. The minimum atomic E-state index is 0.949. The molecule has 14 heavy (non-hydrogen) atoms. The molecule has 1 N–H and O–H groups in total. The van der Waals surface area contributed by atoms with Gasteiger partial charge < -0.3 is 5.32 Å². The molecule has 80 valence electrons. The van der Waals surface area contributed by atoms with Gasteiger partial charge in [-0.25, -0.2) is 0 Å². The third-order valence-corrected chi connectivity index (χ3v) is 3.62. The van der Waals surface area contributed by atoms with Gasteiger partial charge in [0.2, 0.25) is 0 Å². The molecule has 0 spiro atoms. The molecule has 2 heteroatoms. The molecule has 2 aliphatic heterocycles. The molecule has 0 amide bonds. The Kier molecular flexibility index (Phi) is 3.24. The highest BCUT2D eigenvalue weighted by Gasteiger charge is 2.17. The molecule has 0 atom stereocenters. The van der Waals surface area contributed by atoms with Crippen molar-refractivity contribution in [2.24, 2.45) is 5.92 Å². The van der Waals surface area contributed by atoms with E-state index in [4.69, 9.17) is 0 Å². The van der Waals surface area contributed by atoms with E-state index >= 15 is 0 Å². The highest BCUT2D eigenvalue weighted by atomic mass is 15.1. The molecular weight excluding hydrogens is 172 g/mol. The number of nitrogens with zero attached hydrogens (tertiary/aromatic N) is 1. The summed E-state index contributed by atoms with van der Waals surface area (Å²) in [5.41, 5.74) is 3.25. The molecule has 2 aliphatic rings. The van der Waals surface area contributed by atoms with Crippen molar-refractivity contribution >= 4 is 0 Å². The van der Waals surface area contributed by atoms with Crippen LogP contribution in [0.5, 0.6) is 0 Å². The lowest BCUT2D eigenvalue weighted by atomic mass is 9.98. The minimum Gasteiger partial charge on any atom is -0.309 e. The number of hydrogen-bond donors (Lipinski definition) is 1. The molecule has 0 bridgehead atoms. The van der Waals surface area contributed by atoms with E-state index in [0.29, 0.717) is 0 Å². The van der Waals surface area contributed by atoms with Gasteiger partial charge in [-0.15, -0.1) is 0 Å². The van der Waals surface area contributed by atoms with Crippen LogP contribution >= 0.6 is 0 Å². The number of piperidine rings is 1. The SMILES string of the molecule is CC(CN1CCC(C)CC1)=C1CNC1. The maximum absolute atomic E-state index is 3.31. The summed E-state index contributed by atoms with van der Waals surface area (Å²) in [5, 5.41) is 3.31. The fourth-order valence-electron chi connectivity index (χ4n) is 2.22. The Labute approximate surface area is 87.4 Å². The van der Waals surface area contributed by atoms with Crippen LogP contribution in [0.3, 0.4) is 0 Å². The van der Waals surface area contributed by atoms with Crippen molar-refractivity contribution in [1.82, 2.24) is 10.2 Å². The monoisotopic (exact) mass is 194 g/mol. The van der Waals surface area contributed by atoms with Gasteiger partial charge in [-0.3, -0.25) is 4.90 Å². The van der Waals surface area contributed by atoms with Gasteiger partial charge in [0.25, 0.3) is 0 Å². The molecule has 0 saturated carbocycles. The van der Waals surface area contributed by atoms with Crippen LogP contribution < -0.4 is 5.32 Å². The Balaban J connectivity index is 1.80.